The van der Waals surface area contributed by atoms with E-state index in [-0.39, 0.29) is 0 Å². The summed E-state index contributed by atoms with van der Waals surface area (Å²) >= 11 is 0. The molecule has 4 heteroatoms. The molecule has 4 aliphatic rings. The Morgan fingerprint density at radius 3 is 1.25 bits per heavy atom. The molecular formula is C47H60N2O2. The second-order valence-electron chi connectivity index (χ2n) is 16.0. The summed E-state index contributed by atoms with van der Waals surface area (Å²) in [7, 11) is 1.71. The molecule has 0 amide bonds. The number of phenols is 1. The Morgan fingerprint density at radius 1 is 0.490 bits per heavy atom. The predicted molar refractivity (Wildman–Crippen MR) is 213 cm³/mol. The lowest BCUT2D eigenvalue weighted by Gasteiger charge is -2.34. The number of hydrogen-bond acceptors (Lipinski definition) is 4. The highest BCUT2D eigenvalue weighted by Gasteiger charge is 2.26. The summed E-state index contributed by atoms with van der Waals surface area (Å²) < 4.78 is 5.26. The van der Waals surface area contributed by atoms with Crippen LogP contribution in [0.2, 0.25) is 0 Å². The largest absolute Gasteiger partial charge is 0.508 e. The molecule has 2 saturated carbocycles. The number of benzene rings is 4. The van der Waals surface area contributed by atoms with E-state index in [4.69, 9.17) is 4.74 Å². The van der Waals surface area contributed by atoms with Gasteiger partial charge in [-0.15, -0.1) is 0 Å². The molecule has 2 aliphatic heterocycles. The number of piperidine rings is 2. The zero-order chi connectivity index (χ0) is 34.8. The van der Waals surface area contributed by atoms with Gasteiger partial charge in [0.05, 0.1) is 7.11 Å². The Balaban J connectivity index is 0.000000159. The highest BCUT2D eigenvalue weighted by Crippen LogP contribution is 2.34. The molecule has 0 aromatic heterocycles. The molecule has 1 N–H and O–H groups in total. The lowest BCUT2D eigenvalue weighted by atomic mass is 9.89. The Hall–Kier alpha value is -3.60. The van der Waals surface area contributed by atoms with Crippen molar-refractivity contribution in [2.75, 3.05) is 46.4 Å². The van der Waals surface area contributed by atoms with Crippen LogP contribution in [-0.2, 0) is 0 Å². The van der Waals surface area contributed by atoms with Gasteiger partial charge >= 0.3 is 0 Å². The lowest BCUT2D eigenvalue weighted by Crippen LogP contribution is -2.37. The SMILES string of the molecule is COc1ccc(-c2ccc(C3CCCN(CC4CCCC4)C3)cc2)cc1.Oc1ccc(-c2ccc(C3CCCN(CC4CCCC4)C3)cc2)cc1. The fourth-order valence-corrected chi connectivity index (χ4v) is 9.44. The highest BCUT2D eigenvalue weighted by molar-refractivity contribution is 5.65. The van der Waals surface area contributed by atoms with Crippen molar-refractivity contribution in [1.82, 2.24) is 9.80 Å². The number of aromatic hydroxyl groups is 1. The monoisotopic (exact) mass is 684 g/mol. The van der Waals surface area contributed by atoms with Gasteiger partial charge in [-0.3, -0.25) is 0 Å². The van der Waals surface area contributed by atoms with E-state index >= 15 is 0 Å². The van der Waals surface area contributed by atoms with Crippen LogP contribution in [0.4, 0.5) is 0 Å². The van der Waals surface area contributed by atoms with Gasteiger partial charge in [0.2, 0.25) is 0 Å². The maximum atomic E-state index is 9.44. The number of nitrogens with zero attached hydrogens (tertiary/aromatic N) is 2. The molecule has 2 heterocycles. The summed E-state index contributed by atoms with van der Waals surface area (Å²) in [6, 6.07) is 34.2. The average molecular weight is 685 g/mol. The minimum Gasteiger partial charge on any atom is -0.508 e. The van der Waals surface area contributed by atoms with Gasteiger partial charge in [-0.25, -0.2) is 0 Å². The van der Waals surface area contributed by atoms with Crippen molar-refractivity contribution >= 4 is 0 Å². The first-order valence-electron chi connectivity index (χ1n) is 20.2. The summed E-state index contributed by atoms with van der Waals surface area (Å²) in [6.07, 6.45) is 16.9. The summed E-state index contributed by atoms with van der Waals surface area (Å²) in [5.41, 5.74) is 7.93. The van der Waals surface area contributed by atoms with E-state index < -0.39 is 0 Å². The van der Waals surface area contributed by atoms with Gasteiger partial charge in [0.1, 0.15) is 11.5 Å². The molecule has 2 unspecified atom stereocenters. The van der Waals surface area contributed by atoms with E-state index in [9.17, 15) is 5.11 Å². The third-order valence-electron chi connectivity index (χ3n) is 12.4. The van der Waals surface area contributed by atoms with Crippen LogP contribution in [0, 0.1) is 11.8 Å². The van der Waals surface area contributed by atoms with Crippen molar-refractivity contribution in [2.45, 2.75) is 88.9 Å². The normalized spacial score (nSPS) is 22.1. The van der Waals surface area contributed by atoms with Gasteiger partial charge in [0.25, 0.3) is 0 Å². The van der Waals surface area contributed by atoms with Crippen LogP contribution in [0.1, 0.15) is 100 Å². The molecular weight excluding hydrogens is 625 g/mol. The zero-order valence-electron chi connectivity index (χ0n) is 31.0. The van der Waals surface area contributed by atoms with E-state index in [1.54, 1.807) is 19.2 Å². The number of ether oxygens (including phenoxy) is 1. The van der Waals surface area contributed by atoms with E-state index in [0.717, 1.165) is 23.1 Å². The van der Waals surface area contributed by atoms with Crippen LogP contribution in [0.5, 0.6) is 11.5 Å². The molecule has 2 saturated heterocycles. The molecule has 2 atom stereocenters. The molecule has 270 valence electrons. The molecule has 0 radical (unpaired) electrons. The molecule has 51 heavy (non-hydrogen) atoms. The van der Waals surface area contributed by atoms with Gasteiger partial charge < -0.3 is 19.6 Å². The van der Waals surface area contributed by atoms with E-state index in [1.165, 1.54) is 144 Å². The van der Waals surface area contributed by atoms with Crippen molar-refractivity contribution in [3.05, 3.63) is 108 Å². The summed E-state index contributed by atoms with van der Waals surface area (Å²) in [6.45, 7) is 7.73. The Labute approximate surface area is 307 Å². The molecule has 0 bridgehead atoms. The van der Waals surface area contributed by atoms with Crippen LogP contribution in [0.15, 0.2) is 97.1 Å². The van der Waals surface area contributed by atoms with E-state index in [1.807, 2.05) is 24.3 Å². The third kappa shape index (κ3) is 9.84. The minimum absolute atomic E-state index is 0.324. The van der Waals surface area contributed by atoms with E-state index in [0.29, 0.717) is 17.6 Å². The van der Waals surface area contributed by atoms with Gasteiger partial charge in [-0.05, 0) is 146 Å². The molecule has 4 fully saturated rings. The second kappa shape index (κ2) is 17.8. The van der Waals surface area contributed by atoms with Crippen molar-refractivity contribution in [3.63, 3.8) is 0 Å². The predicted octanol–water partition coefficient (Wildman–Crippen LogP) is 11.2. The van der Waals surface area contributed by atoms with Crippen LogP contribution < -0.4 is 4.74 Å². The quantitative estimate of drug-likeness (QED) is 0.190. The summed E-state index contributed by atoms with van der Waals surface area (Å²) in [5, 5.41) is 9.44. The van der Waals surface area contributed by atoms with Gasteiger partial charge in [-0.2, -0.15) is 0 Å². The van der Waals surface area contributed by atoms with Crippen LogP contribution in [-0.4, -0.2) is 61.3 Å². The van der Waals surface area contributed by atoms with Gasteiger partial charge in [0, 0.05) is 26.2 Å². The first-order chi connectivity index (χ1) is 25.1. The molecule has 4 aromatic carbocycles. The number of methoxy groups -OCH3 is 1. The minimum atomic E-state index is 0.324. The maximum absolute atomic E-state index is 9.44. The topological polar surface area (TPSA) is 35.9 Å². The fraction of sp³-hybridized carbons (Fsp3) is 0.489. The van der Waals surface area contributed by atoms with Crippen molar-refractivity contribution in [2.24, 2.45) is 11.8 Å². The standard InChI is InChI=1S/C24H31NO.C23H29NO/c1-26-24-14-12-21(13-15-24)20-8-10-22(11-9-20)23-7-4-16-25(18-23)17-19-5-2-3-6-19;25-23-13-11-20(12-14-23)19-7-9-21(10-8-19)22-6-3-15-24(17-22)16-18-4-1-2-5-18/h8-15,19,23H,2-7,16-18H2,1H3;7-14,18,22,25H,1-6,15-17H2. The second-order valence-corrected chi connectivity index (χ2v) is 16.0. The molecule has 2 aliphatic carbocycles. The van der Waals surface area contributed by atoms with Crippen molar-refractivity contribution < 1.29 is 9.84 Å². The number of hydrogen-bond donors (Lipinski definition) is 1. The van der Waals surface area contributed by atoms with Gasteiger partial charge in [0.15, 0.2) is 0 Å². The highest BCUT2D eigenvalue weighted by atomic mass is 16.5. The van der Waals surface area contributed by atoms with Crippen LogP contribution in [0.3, 0.4) is 0 Å². The third-order valence-corrected chi connectivity index (χ3v) is 12.4. The van der Waals surface area contributed by atoms with Gasteiger partial charge in [-0.1, -0.05) is 98.5 Å². The number of likely N-dealkylation sites (tertiary alicyclic amines) is 2. The lowest BCUT2D eigenvalue weighted by molar-refractivity contribution is 0.179. The van der Waals surface area contributed by atoms with Crippen LogP contribution in [0.25, 0.3) is 22.3 Å². The number of rotatable bonds is 9. The smallest absolute Gasteiger partial charge is 0.118 e. The van der Waals surface area contributed by atoms with E-state index in [2.05, 4.69) is 70.5 Å². The first-order valence-corrected chi connectivity index (χ1v) is 20.2. The summed E-state index contributed by atoms with van der Waals surface area (Å²) in [4.78, 5) is 5.46. The molecule has 8 rings (SSSR count). The van der Waals surface area contributed by atoms with Crippen molar-refractivity contribution in [3.8, 4) is 33.8 Å². The molecule has 4 aromatic rings. The van der Waals surface area contributed by atoms with Crippen LogP contribution >= 0.6 is 0 Å². The molecule has 4 nitrogen and oxygen atoms in total. The zero-order valence-corrected chi connectivity index (χ0v) is 31.0. The average Bonchev–Trinajstić information content (AvgIpc) is 3.91. The Bertz CT molecular complexity index is 1600. The van der Waals surface area contributed by atoms with Crippen molar-refractivity contribution in [1.29, 1.82) is 0 Å². The number of phenolic OH excluding ortho intramolecular Hbond substituents is 1. The Kier molecular flexibility index (Phi) is 12.5. The first kappa shape index (κ1) is 35.8. The summed E-state index contributed by atoms with van der Waals surface area (Å²) in [5.74, 6) is 4.54. The fourth-order valence-electron chi connectivity index (χ4n) is 9.44. The maximum Gasteiger partial charge on any atom is 0.118 e. The Morgan fingerprint density at radius 2 is 0.863 bits per heavy atom. The molecule has 0 spiro atoms.